The van der Waals surface area contributed by atoms with Crippen molar-refractivity contribution >= 4 is 11.8 Å². The van der Waals surface area contributed by atoms with Crippen molar-refractivity contribution < 1.29 is 9.59 Å². The number of carbonyl (C=O) groups excluding carboxylic acids is 2. The van der Waals surface area contributed by atoms with Crippen LogP contribution in [0.15, 0.2) is 0 Å². The average molecular weight is 184 g/mol. The van der Waals surface area contributed by atoms with E-state index >= 15 is 0 Å². The second kappa shape index (κ2) is 4.25. The zero-order valence-electron chi connectivity index (χ0n) is 8.25. The van der Waals surface area contributed by atoms with Gasteiger partial charge in [-0.25, -0.2) is 4.79 Å². The zero-order valence-corrected chi connectivity index (χ0v) is 8.25. The van der Waals surface area contributed by atoms with E-state index in [2.05, 4.69) is 0 Å². The molecule has 0 radical (unpaired) electrons. The van der Waals surface area contributed by atoms with Crippen LogP contribution < -0.4 is 0 Å². The minimum atomic E-state index is -0.0319. The number of piperidine rings is 1. The molecule has 74 valence electrons. The van der Waals surface area contributed by atoms with Crippen molar-refractivity contribution in [2.24, 2.45) is 0 Å². The molecule has 0 aromatic carbocycles. The summed E-state index contributed by atoms with van der Waals surface area (Å²) in [7, 11) is 1.75. The van der Waals surface area contributed by atoms with Crippen LogP contribution in [-0.4, -0.2) is 48.3 Å². The van der Waals surface area contributed by atoms with E-state index in [1.165, 1.54) is 0 Å². The molecule has 1 aliphatic heterocycles. The van der Waals surface area contributed by atoms with E-state index in [9.17, 15) is 9.59 Å². The van der Waals surface area contributed by atoms with Gasteiger partial charge in [-0.2, -0.15) is 0 Å². The van der Waals surface area contributed by atoms with Gasteiger partial charge in [0.2, 0.25) is 0 Å². The highest BCUT2D eigenvalue weighted by atomic mass is 16.2. The Morgan fingerprint density at radius 3 is 2.85 bits per heavy atom. The molecule has 0 N–H and O–H groups in total. The van der Waals surface area contributed by atoms with Gasteiger partial charge in [0.25, 0.3) is 0 Å². The molecule has 0 aliphatic carbocycles. The minimum absolute atomic E-state index is 0.0319. The van der Waals surface area contributed by atoms with Crippen molar-refractivity contribution in [2.75, 3.05) is 26.7 Å². The van der Waals surface area contributed by atoms with Crippen LogP contribution in [0.1, 0.15) is 19.8 Å². The van der Waals surface area contributed by atoms with Gasteiger partial charge in [-0.05, 0) is 13.3 Å². The molecule has 1 fully saturated rings. The van der Waals surface area contributed by atoms with E-state index in [1.54, 1.807) is 16.8 Å². The summed E-state index contributed by atoms with van der Waals surface area (Å²) >= 11 is 0. The lowest BCUT2D eigenvalue weighted by atomic mass is 10.1. The molecule has 0 bridgehead atoms. The summed E-state index contributed by atoms with van der Waals surface area (Å²) in [4.78, 5) is 25.9. The second-order valence-corrected chi connectivity index (χ2v) is 3.36. The van der Waals surface area contributed by atoms with Crippen molar-refractivity contribution in [3.8, 4) is 0 Å². The maximum Gasteiger partial charge on any atom is 0.320 e. The number of likely N-dealkylation sites (tertiary alicyclic amines) is 1. The Balaban J connectivity index is 2.50. The number of amides is 2. The van der Waals surface area contributed by atoms with Gasteiger partial charge < -0.3 is 9.80 Å². The van der Waals surface area contributed by atoms with E-state index in [4.69, 9.17) is 0 Å². The average Bonchev–Trinajstić information content (AvgIpc) is 2.15. The van der Waals surface area contributed by atoms with Gasteiger partial charge in [0, 0.05) is 26.6 Å². The van der Waals surface area contributed by atoms with Gasteiger partial charge in [-0.1, -0.05) is 0 Å². The van der Waals surface area contributed by atoms with Crippen molar-refractivity contribution in [3.05, 3.63) is 0 Å². The van der Waals surface area contributed by atoms with E-state index in [1.807, 2.05) is 6.92 Å². The third-order valence-electron chi connectivity index (χ3n) is 2.32. The van der Waals surface area contributed by atoms with E-state index < -0.39 is 0 Å². The molecular formula is C9H16N2O2. The van der Waals surface area contributed by atoms with Gasteiger partial charge >= 0.3 is 6.03 Å². The standard InChI is InChI=1S/C9H16N2O2/c1-3-10(2)9(13)11-6-4-5-8(12)7-11/h3-7H2,1-2H3. The van der Waals surface area contributed by atoms with Crippen molar-refractivity contribution in [1.29, 1.82) is 0 Å². The minimum Gasteiger partial charge on any atom is -0.328 e. The Morgan fingerprint density at radius 1 is 1.62 bits per heavy atom. The summed E-state index contributed by atoms with van der Waals surface area (Å²) in [6.45, 7) is 3.62. The first-order chi connectivity index (χ1) is 6.15. The normalized spacial score (nSPS) is 17.4. The van der Waals surface area contributed by atoms with Crippen LogP contribution in [-0.2, 0) is 4.79 Å². The van der Waals surface area contributed by atoms with Crippen LogP contribution in [0.4, 0.5) is 4.79 Å². The van der Waals surface area contributed by atoms with Crippen molar-refractivity contribution in [2.45, 2.75) is 19.8 Å². The Hall–Kier alpha value is -1.06. The number of carbonyl (C=O) groups is 2. The first kappa shape index (κ1) is 10.0. The smallest absolute Gasteiger partial charge is 0.320 e. The van der Waals surface area contributed by atoms with Crippen LogP contribution in [0.2, 0.25) is 0 Å². The van der Waals surface area contributed by atoms with E-state index in [-0.39, 0.29) is 11.8 Å². The first-order valence-corrected chi connectivity index (χ1v) is 4.67. The fraction of sp³-hybridized carbons (Fsp3) is 0.778. The number of nitrogens with zero attached hydrogens (tertiary/aromatic N) is 2. The summed E-state index contributed by atoms with van der Waals surface area (Å²) in [5, 5.41) is 0. The van der Waals surface area contributed by atoms with Crippen LogP contribution >= 0.6 is 0 Å². The maximum atomic E-state index is 11.6. The lowest BCUT2D eigenvalue weighted by molar-refractivity contribution is -0.121. The number of Topliss-reactive ketones (excluding diaryl/α,β-unsaturated/α-hetero) is 1. The monoisotopic (exact) mass is 184 g/mol. The summed E-state index contributed by atoms with van der Waals surface area (Å²) in [6, 6.07) is -0.0319. The van der Waals surface area contributed by atoms with Gasteiger partial charge in [0.05, 0.1) is 6.54 Å². The van der Waals surface area contributed by atoms with Gasteiger partial charge in [0.1, 0.15) is 0 Å². The van der Waals surface area contributed by atoms with Gasteiger partial charge in [-0.3, -0.25) is 4.79 Å². The molecule has 1 heterocycles. The summed E-state index contributed by atoms with van der Waals surface area (Å²) in [5.74, 6) is 0.170. The predicted molar refractivity (Wildman–Crippen MR) is 49.5 cm³/mol. The third-order valence-corrected chi connectivity index (χ3v) is 2.32. The van der Waals surface area contributed by atoms with E-state index in [0.717, 1.165) is 13.0 Å². The molecule has 0 aromatic rings. The van der Waals surface area contributed by atoms with Gasteiger partial charge in [0.15, 0.2) is 5.78 Å². The zero-order chi connectivity index (χ0) is 9.84. The highest BCUT2D eigenvalue weighted by Gasteiger charge is 2.22. The lowest BCUT2D eigenvalue weighted by Gasteiger charge is -2.29. The molecule has 2 amide bonds. The summed E-state index contributed by atoms with van der Waals surface area (Å²) < 4.78 is 0. The largest absolute Gasteiger partial charge is 0.328 e. The number of rotatable bonds is 1. The van der Waals surface area contributed by atoms with Crippen molar-refractivity contribution in [3.63, 3.8) is 0 Å². The van der Waals surface area contributed by atoms with E-state index in [0.29, 0.717) is 19.5 Å². The van der Waals surface area contributed by atoms with Crippen LogP contribution in [0, 0.1) is 0 Å². The molecule has 0 unspecified atom stereocenters. The fourth-order valence-electron chi connectivity index (χ4n) is 1.38. The summed E-state index contributed by atoms with van der Waals surface area (Å²) in [5.41, 5.74) is 0. The molecule has 1 rings (SSSR count). The Bertz CT molecular complexity index is 216. The molecule has 0 spiro atoms. The maximum absolute atomic E-state index is 11.6. The topological polar surface area (TPSA) is 40.6 Å². The molecule has 13 heavy (non-hydrogen) atoms. The number of ketones is 1. The molecule has 0 atom stereocenters. The lowest BCUT2D eigenvalue weighted by Crippen LogP contribution is -2.46. The van der Waals surface area contributed by atoms with Crippen molar-refractivity contribution in [1.82, 2.24) is 9.80 Å². The highest BCUT2D eigenvalue weighted by Crippen LogP contribution is 2.07. The van der Waals surface area contributed by atoms with Crippen LogP contribution in [0.3, 0.4) is 0 Å². The third kappa shape index (κ3) is 2.44. The number of urea groups is 1. The van der Waals surface area contributed by atoms with Crippen LogP contribution in [0.5, 0.6) is 0 Å². The first-order valence-electron chi connectivity index (χ1n) is 4.67. The Kier molecular flexibility index (Phi) is 3.28. The SMILES string of the molecule is CCN(C)C(=O)N1CCCC(=O)C1. The molecule has 0 saturated carbocycles. The molecule has 1 saturated heterocycles. The highest BCUT2D eigenvalue weighted by molar-refractivity contribution is 5.86. The second-order valence-electron chi connectivity index (χ2n) is 3.36. The molecule has 0 aromatic heterocycles. The Labute approximate surface area is 78.5 Å². The fourth-order valence-corrected chi connectivity index (χ4v) is 1.38. The van der Waals surface area contributed by atoms with Crippen LogP contribution in [0.25, 0.3) is 0 Å². The quantitative estimate of drug-likeness (QED) is 0.602. The number of hydrogen-bond acceptors (Lipinski definition) is 2. The number of hydrogen-bond donors (Lipinski definition) is 0. The summed E-state index contributed by atoms with van der Waals surface area (Å²) in [6.07, 6.45) is 1.43. The molecular weight excluding hydrogens is 168 g/mol. The van der Waals surface area contributed by atoms with Gasteiger partial charge in [-0.15, -0.1) is 0 Å². The predicted octanol–water partition coefficient (Wildman–Crippen LogP) is 0.723. The molecule has 1 aliphatic rings. The Morgan fingerprint density at radius 2 is 2.31 bits per heavy atom. The molecule has 4 heteroatoms. The molecule has 4 nitrogen and oxygen atoms in total.